The van der Waals surface area contributed by atoms with Gasteiger partial charge in [-0.05, 0) is 19.9 Å². The minimum absolute atomic E-state index is 0.0150. The lowest BCUT2D eigenvalue weighted by Gasteiger charge is -2.34. The monoisotopic (exact) mass is 283 g/mol. The summed E-state index contributed by atoms with van der Waals surface area (Å²) in [6.07, 6.45) is 4.48. The number of nitrogens with zero attached hydrogens (tertiary/aromatic N) is 2. The van der Waals surface area contributed by atoms with Crippen LogP contribution >= 0.6 is 0 Å². The summed E-state index contributed by atoms with van der Waals surface area (Å²) in [4.78, 5) is 16.8. The van der Waals surface area contributed by atoms with E-state index in [9.17, 15) is 4.79 Å². The maximum atomic E-state index is 12.5. The lowest BCUT2D eigenvalue weighted by atomic mass is 10.1. The molecule has 2 fully saturated rings. The normalized spacial score (nSPS) is 32.0. The molecule has 0 aromatic carbocycles. The first-order valence-corrected chi connectivity index (χ1v) is 8.02. The Morgan fingerprint density at radius 3 is 2.85 bits per heavy atom. The average Bonchev–Trinajstić information content (AvgIpc) is 2.73. The molecule has 2 aliphatic heterocycles. The van der Waals surface area contributed by atoms with Gasteiger partial charge >= 0.3 is 0 Å². The molecule has 5 nitrogen and oxygen atoms in total. The Balaban J connectivity index is 1.92. The first kappa shape index (κ1) is 15.7. The van der Waals surface area contributed by atoms with Crippen molar-refractivity contribution in [3.63, 3.8) is 0 Å². The van der Waals surface area contributed by atoms with Gasteiger partial charge in [0.2, 0.25) is 5.91 Å². The highest BCUT2D eigenvalue weighted by Crippen LogP contribution is 2.19. The van der Waals surface area contributed by atoms with Crippen molar-refractivity contribution in [3.8, 4) is 0 Å². The lowest BCUT2D eigenvalue weighted by Crippen LogP contribution is -2.49. The standard InChI is InChI=1S/C15H29N3O2/c1-4-6-7-13-15(19)18(14(5-2)16-13)11-12-10-17(3)8-9-20-12/h12-14,16H,4-11H2,1-3H3. The second kappa shape index (κ2) is 7.38. The highest BCUT2D eigenvalue weighted by molar-refractivity contribution is 5.84. The van der Waals surface area contributed by atoms with Crippen molar-refractivity contribution in [2.24, 2.45) is 0 Å². The minimum atomic E-state index is 0.0150. The first-order chi connectivity index (χ1) is 9.65. The first-order valence-electron chi connectivity index (χ1n) is 8.02. The van der Waals surface area contributed by atoms with Crippen LogP contribution in [0, 0.1) is 0 Å². The molecule has 0 bridgehead atoms. The molecule has 0 aliphatic carbocycles. The van der Waals surface area contributed by atoms with Crippen molar-refractivity contribution in [1.29, 1.82) is 0 Å². The van der Waals surface area contributed by atoms with E-state index in [0.29, 0.717) is 0 Å². The fraction of sp³-hybridized carbons (Fsp3) is 0.933. The fourth-order valence-corrected chi connectivity index (χ4v) is 3.11. The van der Waals surface area contributed by atoms with Crippen LogP contribution in [-0.2, 0) is 9.53 Å². The zero-order valence-corrected chi connectivity index (χ0v) is 13.1. The average molecular weight is 283 g/mol. The van der Waals surface area contributed by atoms with Crippen LogP contribution in [0.4, 0.5) is 0 Å². The number of likely N-dealkylation sites (N-methyl/N-ethyl adjacent to an activating group) is 1. The molecule has 2 aliphatic rings. The van der Waals surface area contributed by atoms with Gasteiger partial charge in [0.1, 0.15) is 0 Å². The summed E-state index contributed by atoms with van der Waals surface area (Å²) >= 11 is 0. The lowest BCUT2D eigenvalue weighted by molar-refractivity contribution is -0.133. The summed E-state index contributed by atoms with van der Waals surface area (Å²) in [5.41, 5.74) is 0. The smallest absolute Gasteiger partial charge is 0.241 e. The highest BCUT2D eigenvalue weighted by Gasteiger charge is 2.38. The molecular formula is C15H29N3O2. The number of hydrogen-bond acceptors (Lipinski definition) is 4. The topological polar surface area (TPSA) is 44.8 Å². The van der Waals surface area contributed by atoms with E-state index in [0.717, 1.165) is 51.9 Å². The molecule has 2 saturated heterocycles. The molecule has 0 aromatic rings. The van der Waals surface area contributed by atoms with Crippen molar-refractivity contribution in [3.05, 3.63) is 0 Å². The Bertz CT molecular complexity index is 324. The predicted octanol–water partition coefficient (Wildman–Crippen LogP) is 1.04. The third-order valence-corrected chi connectivity index (χ3v) is 4.33. The molecule has 3 atom stereocenters. The summed E-state index contributed by atoms with van der Waals surface area (Å²) in [7, 11) is 2.11. The van der Waals surface area contributed by atoms with E-state index in [-0.39, 0.29) is 24.2 Å². The minimum Gasteiger partial charge on any atom is -0.374 e. The molecule has 2 heterocycles. The van der Waals surface area contributed by atoms with Gasteiger partial charge in [0.25, 0.3) is 0 Å². The van der Waals surface area contributed by atoms with Gasteiger partial charge < -0.3 is 14.5 Å². The van der Waals surface area contributed by atoms with Crippen LogP contribution in [0.3, 0.4) is 0 Å². The van der Waals surface area contributed by atoms with Crippen molar-refractivity contribution in [1.82, 2.24) is 15.1 Å². The van der Waals surface area contributed by atoms with E-state index in [1.165, 1.54) is 0 Å². The molecule has 0 saturated carbocycles. The number of unbranched alkanes of at least 4 members (excludes halogenated alkanes) is 1. The molecule has 116 valence electrons. The fourth-order valence-electron chi connectivity index (χ4n) is 3.11. The van der Waals surface area contributed by atoms with Crippen LogP contribution in [0.5, 0.6) is 0 Å². The van der Waals surface area contributed by atoms with E-state index in [1.54, 1.807) is 0 Å². The molecule has 2 rings (SSSR count). The molecule has 20 heavy (non-hydrogen) atoms. The maximum absolute atomic E-state index is 12.5. The third kappa shape index (κ3) is 3.71. The quantitative estimate of drug-likeness (QED) is 0.791. The second-order valence-corrected chi connectivity index (χ2v) is 6.03. The van der Waals surface area contributed by atoms with Gasteiger partial charge in [-0.25, -0.2) is 0 Å². The number of rotatable bonds is 6. The molecular weight excluding hydrogens is 254 g/mol. The molecule has 1 N–H and O–H groups in total. The van der Waals surface area contributed by atoms with E-state index in [4.69, 9.17) is 4.74 Å². The van der Waals surface area contributed by atoms with Crippen LogP contribution in [-0.4, -0.2) is 67.3 Å². The number of ether oxygens (including phenoxy) is 1. The van der Waals surface area contributed by atoms with E-state index in [1.807, 2.05) is 4.90 Å². The molecule has 5 heteroatoms. The Kier molecular flexibility index (Phi) is 5.81. The molecule has 1 amide bonds. The van der Waals surface area contributed by atoms with Crippen molar-refractivity contribution >= 4 is 5.91 Å². The third-order valence-electron chi connectivity index (χ3n) is 4.33. The van der Waals surface area contributed by atoms with Crippen LogP contribution in [0.2, 0.25) is 0 Å². The summed E-state index contributed by atoms with van der Waals surface area (Å²) in [5, 5.41) is 3.48. The van der Waals surface area contributed by atoms with Crippen molar-refractivity contribution < 1.29 is 9.53 Å². The molecule has 0 radical (unpaired) electrons. The summed E-state index contributed by atoms with van der Waals surface area (Å²) in [5.74, 6) is 0.266. The molecule has 0 spiro atoms. The van der Waals surface area contributed by atoms with Crippen molar-refractivity contribution in [2.45, 2.75) is 57.8 Å². The van der Waals surface area contributed by atoms with Crippen LogP contribution in [0.15, 0.2) is 0 Å². The van der Waals surface area contributed by atoms with E-state index in [2.05, 4.69) is 31.1 Å². The zero-order valence-electron chi connectivity index (χ0n) is 13.1. The Labute approximate surface area is 122 Å². The summed E-state index contributed by atoms with van der Waals surface area (Å²) in [6, 6.07) is 0.0150. The largest absolute Gasteiger partial charge is 0.374 e. The Morgan fingerprint density at radius 2 is 2.20 bits per heavy atom. The van der Waals surface area contributed by atoms with Gasteiger partial charge in [0.15, 0.2) is 0 Å². The maximum Gasteiger partial charge on any atom is 0.241 e. The zero-order chi connectivity index (χ0) is 14.5. The Morgan fingerprint density at radius 1 is 1.40 bits per heavy atom. The van der Waals surface area contributed by atoms with Gasteiger partial charge in [-0.3, -0.25) is 10.1 Å². The number of amides is 1. The number of nitrogens with one attached hydrogen (secondary N) is 1. The SMILES string of the molecule is CCCCC1NC(CC)N(CC2CN(C)CCO2)C1=O. The van der Waals surface area contributed by atoms with E-state index >= 15 is 0 Å². The molecule has 0 aromatic heterocycles. The Hall–Kier alpha value is -0.650. The number of morpholine rings is 1. The predicted molar refractivity (Wildman–Crippen MR) is 79.5 cm³/mol. The van der Waals surface area contributed by atoms with Crippen LogP contribution in [0.25, 0.3) is 0 Å². The van der Waals surface area contributed by atoms with Gasteiger partial charge in [0.05, 0.1) is 24.9 Å². The van der Waals surface area contributed by atoms with Gasteiger partial charge in [-0.2, -0.15) is 0 Å². The van der Waals surface area contributed by atoms with Crippen LogP contribution in [0.1, 0.15) is 39.5 Å². The van der Waals surface area contributed by atoms with Gasteiger partial charge in [-0.15, -0.1) is 0 Å². The number of hydrogen-bond donors (Lipinski definition) is 1. The van der Waals surface area contributed by atoms with Gasteiger partial charge in [-0.1, -0.05) is 26.7 Å². The molecule has 3 unspecified atom stereocenters. The van der Waals surface area contributed by atoms with Crippen molar-refractivity contribution in [2.75, 3.05) is 33.3 Å². The highest BCUT2D eigenvalue weighted by atomic mass is 16.5. The van der Waals surface area contributed by atoms with Gasteiger partial charge in [0, 0.05) is 19.6 Å². The number of carbonyl (C=O) groups is 1. The van der Waals surface area contributed by atoms with E-state index < -0.39 is 0 Å². The van der Waals surface area contributed by atoms with Crippen LogP contribution < -0.4 is 5.32 Å². The summed E-state index contributed by atoms with van der Waals surface area (Å²) < 4.78 is 5.80. The second-order valence-electron chi connectivity index (χ2n) is 6.03. The number of carbonyl (C=O) groups excluding carboxylic acids is 1. The summed E-state index contributed by atoms with van der Waals surface area (Å²) in [6.45, 7) is 7.69.